The van der Waals surface area contributed by atoms with Gasteiger partial charge in [0.05, 0.1) is 48.8 Å². The van der Waals surface area contributed by atoms with Crippen LogP contribution in [-0.2, 0) is 62.3 Å². The summed E-state index contributed by atoms with van der Waals surface area (Å²) in [6.45, 7) is 29.0. The minimum atomic E-state index is -1.42. The molecular formula is C65H110N6O14. The predicted molar refractivity (Wildman–Crippen MR) is 327 cm³/mol. The van der Waals surface area contributed by atoms with E-state index < -0.39 is 180 Å². The molecule has 85 heavy (non-hydrogen) atoms. The highest BCUT2D eigenvalue weighted by Gasteiger charge is 2.43. The number of nitrogens with zero attached hydrogens (tertiary/aromatic N) is 4. The Bertz CT molecular complexity index is 2330. The normalized spacial score (nSPS) is 27.6. The van der Waals surface area contributed by atoms with Gasteiger partial charge in [-0.1, -0.05) is 102 Å². The number of hydrogen-bond acceptors (Lipinski definition) is 15. The van der Waals surface area contributed by atoms with Gasteiger partial charge in [0.1, 0.15) is 12.1 Å². The fourth-order valence-electron chi connectivity index (χ4n) is 11.6. The van der Waals surface area contributed by atoms with Crippen LogP contribution >= 0.6 is 0 Å². The molecule has 1 heterocycles. The van der Waals surface area contributed by atoms with Crippen LogP contribution in [0.4, 0.5) is 0 Å². The van der Waals surface area contributed by atoms with Gasteiger partial charge in [-0.15, -0.1) is 0 Å². The lowest BCUT2D eigenvalue weighted by Gasteiger charge is -2.36. The van der Waals surface area contributed by atoms with Gasteiger partial charge in [0.15, 0.2) is 34.7 Å². The number of likely N-dealkylation sites (N-methyl/N-ethyl adjacent to an activating group) is 4. The van der Waals surface area contributed by atoms with Gasteiger partial charge >= 0.3 is 5.97 Å². The molecule has 1 aliphatic rings. The van der Waals surface area contributed by atoms with Crippen molar-refractivity contribution < 1.29 is 67.4 Å². The fraction of sp³-hybridized carbons (Fsp3) is 0.785. The largest absolute Gasteiger partial charge is 0.460 e. The van der Waals surface area contributed by atoms with Crippen LogP contribution in [0, 0.1) is 59.2 Å². The highest BCUT2D eigenvalue weighted by Crippen LogP contribution is 2.30. The molecular weight excluding hydrogens is 1090 g/mol. The lowest BCUT2D eigenvalue weighted by atomic mass is 9.82. The van der Waals surface area contributed by atoms with Crippen LogP contribution in [0.2, 0.25) is 0 Å². The third-order valence-corrected chi connectivity index (χ3v) is 16.6. The molecule has 484 valence electrons. The van der Waals surface area contributed by atoms with Crippen LogP contribution in [0.3, 0.4) is 0 Å². The second kappa shape index (κ2) is 36.6. The minimum Gasteiger partial charge on any atom is -0.460 e. The summed E-state index contributed by atoms with van der Waals surface area (Å²) in [6.07, 6.45) is -0.0611. The van der Waals surface area contributed by atoms with Gasteiger partial charge < -0.3 is 35.2 Å². The van der Waals surface area contributed by atoms with Crippen LogP contribution in [0.25, 0.3) is 0 Å². The maximum atomic E-state index is 14.8. The summed E-state index contributed by atoms with van der Waals surface area (Å²) in [4.78, 5) is 176. The van der Waals surface area contributed by atoms with Gasteiger partial charge in [0.2, 0.25) is 29.5 Å². The monoisotopic (exact) mass is 1200 g/mol. The van der Waals surface area contributed by atoms with Crippen molar-refractivity contribution in [2.45, 2.75) is 237 Å². The Balaban J connectivity index is 4.17. The van der Waals surface area contributed by atoms with Gasteiger partial charge in [-0.2, -0.15) is 0 Å². The number of allylic oxidation sites excluding steroid dienone is 2. The Labute approximate surface area is 508 Å². The molecule has 0 aromatic carbocycles. The molecule has 1 aliphatic heterocycles. The number of nitrogens with one attached hydrogen (secondary N) is 2. The third kappa shape index (κ3) is 24.3. The van der Waals surface area contributed by atoms with E-state index in [-0.39, 0.29) is 62.2 Å². The Hall–Kier alpha value is -5.50. The van der Waals surface area contributed by atoms with Gasteiger partial charge in [0.25, 0.3) is 0 Å². The third-order valence-electron chi connectivity index (χ3n) is 16.6. The van der Waals surface area contributed by atoms with Crippen molar-refractivity contribution in [1.29, 1.82) is 0 Å². The van der Waals surface area contributed by atoms with Crippen molar-refractivity contribution in [3.63, 3.8) is 0 Å². The van der Waals surface area contributed by atoms with E-state index in [4.69, 9.17) is 4.74 Å². The number of ether oxygens (including phenoxy) is 1. The number of Topliss-reactive ketones (excluding diaryl/α,β-unsaturated/α-hetero) is 6. The van der Waals surface area contributed by atoms with Crippen molar-refractivity contribution >= 4 is 70.2 Å². The number of carbonyl (C=O) groups excluding carboxylic acids is 12. The molecule has 5 amide bonds. The molecule has 0 aromatic heterocycles. The number of carbonyl (C=O) groups is 12. The summed E-state index contributed by atoms with van der Waals surface area (Å²) in [5, 5.41) is 17.4. The van der Waals surface area contributed by atoms with Gasteiger partial charge in [-0.25, -0.2) is 0 Å². The summed E-state index contributed by atoms with van der Waals surface area (Å²) in [5.41, 5.74) is 0. The maximum absolute atomic E-state index is 14.8. The Morgan fingerprint density at radius 2 is 1.13 bits per heavy atom. The van der Waals surface area contributed by atoms with Crippen LogP contribution < -0.4 is 10.6 Å². The minimum absolute atomic E-state index is 0.0154. The molecule has 0 aliphatic carbocycles. The average molecular weight is 1200 g/mol. The molecule has 0 radical (unpaired) electrons. The van der Waals surface area contributed by atoms with E-state index in [1.165, 1.54) is 44.8 Å². The molecule has 1 saturated heterocycles. The van der Waals surface area contributed by atoms with E-state index in [1.54, 1.807) is 73.4 Å². The summed E-state index contributed by atoms with van der Waals surface area (Å²) < 4.78 is 5.47. The van der Waals surface area contributed by atoms with Gasteiger partial charge in [-0.05, 0) is 95.4 Å². The fourth-order valence-corrected chi connectivity index (χ4v) is 11.6. The first-order valence-electron chi connectivity index (χ1n) is 31.1. The zero-order chi connectivity index (χ0) is 65.7. The number of aliphatic hydroxyl groups is 1. The molecule has 20 heteroatoms. The maximum Gasteiger partial charge on any atom is 0.302 e. The zero-order valence-corrected chi connectivity index (χ0v) is 55.6. The lowest BCUT2D eigenvalue weighted by Crippen LogP contribution is -2.53. The van der Waals surface area contributed by atoms with Crippen LogP contribution in [0.15, 0.2) is 12.2 Å². The second-order valence-electron chi connectivity index (χ2n) is 26.3. The standard InChI is InChI=1S/C65H110N6O14/c1-22-24-25-41(13)61(80)48-34-55(76)59(40(11)12)71(21)64(83)46(28-36(3)4)32-54(75)50(29-37(5)6)68(18)35-57(78)43(15)66-62(81)42(14)31-53(74)51(30-38(7)8)69(19)65(84)47(39(9)10)33-56(77)60(44(16)85-45(17)72)70(20)58(79)27-26-52(73)49(23-2)67-63(48)82/h22,24,36-44,46-51,59-61,80H,23,25-35H2,1-21H3,(H,66,81)(H,67,82)/b24-22+/t41-,42-,43-,44-,46-,47+,48+,49+,50+,51+,59+,60+,61-/m1/s1. The molecule has 3 N–H and O–H groups in total. The Kier molecular flexibility index (Phi) is 33.4. The Morgan fingerprint density at radius 3 is 1.64 bits per heavy atom. The van der Waals surface area contributed by atoms with Crippen molar-refractivity contribution in [2.24, 2.45) is 59.2 Å². The summed E-state index contributed by atoms with van der Waals surface area (Å²) in [5.74, 6) is -12.6. The predicted octanol–water partition coefficient (Wildman–Crippen LogP) is 6.79. The first kappa shape index (κ1) is 77.5. The molecule has 0 bridgehead atoms. The number of amides is 5. The van der Waals surface area contributed by atoms with Crippen molar-refractivity contribution in [3.05, 3.63) is 12.2 Å². The highest BCUT2D eigenvalue weighted by atomic mass is 16.5. The van der Waals surface area contributed by atoms with E-state index in [9.17, 15) is 62.6 Å². The first-order valence-corrected chi connectivity index (χ1v) is 31.1. The molecule has 20 nitrogen and oxygen atoms in total. The van der Waals surface area contributed by atoms with Crippen LogP contribution in [0.5, 0.6) is 0 Å². The molecule has 0 aromatic rings. The topological polar surface area (TPSA) is 271 Å². The lowest BCUT2D eigenvalue weighted by molar-refractivity contribution is -0.156. The van der Waals surface area contributed by atoms with Gasteiger partial charge in [0, 0.05) is 84.3 Å². The van der Waals surface area contributed by atoms with E-state index in [2.05, 4.69) is 10.6 Å². The number of aliphatic hydroxyl groups excluding tert-OH is 1. The summed E-state index contributed by atoms with van der Waals surface area (Å²) in [7, 11) is 5.92. The van der Waals surface area contributed by atoms with Crippen molar-refractivity contribution in [2.75, 3.05) is 34.7 Å². The average Bonchev–Trinajstić information content (AvgIpc) is 3.43. The van der Waals surface area contributed by atoms with Crippen LogP contribution in [-0.4, -0.2) is 178 Å². The highest BCUT2D eigenvalue weighted by molar-refractivity contribution is 5.99. The molecule has 0 unspecified atom stereocenters. The molecule has 1 rings (SSSR count). The molecule has 13 atom stereocenters. The van der Waals surface area contributed by atoms with Crippen LogP contribution in [0.1, 0.15) is 188 Å². The Morgan fingerprint density at radius 1 is 0.600 bits per heavy atom. The molecule has 1 fully saturated rings. The van der Waals surface area contributed by atoms with Gasteiger partial charge in [-0.3, -0.25) is 62.4 Å². The second-order valence-corrected chi connectivity index (χ2v) is 26.3. The van der Waals surface area contributed by atoms with E-state index in [0.29, 0.717) is 12.8 Å². The molecule has 0 spiro atoms. The number of ketones is 6. The first-order chi connectivity index (χ1) is 39.3. The van der Waals surface area contributed by atoms with E-state index in [0.717, 1.165) is 11.8 Å². The zero-order valence-electron chi connectivity index (χ0n) is 55.6. The van der Waals surface area contributed by atoms with E-state index in [1.807, 2.05) is 47.6 Å². The quantitative estimate of drug-likeness (QED) is 0.113. The SMILES string of the molecule is C/C=C/C[C@@H](C)[C@@H](O)[C@@H]1CC(=O)[C@H](C(C)C)N(C)C(=O)[C@H](CC(C)C)CC(=O)[C@H](CC(C)C)N(C)CC(=O)[C@@H](C)NC(=O)[C@H](C)CC(=O)[C@H](CC(C)C)N(C)C(=O)[C@H](C(C)C)CC(=O)[C@H]([C@@H](C)OC(C)=O)N(C)C(=O)CCC(=O)[C@H](CC)NC1=O. The number of hydrogen-bond donors (Lipinski definition) is 3. The van der Waals surface area contributed by atoms with E-state index >= 15 is 0 Å². The van der Waals surface area contributed by atoms with Crippen molar-refractivity contribution in [1.82, 2.24) is 30.2 Å². The smallest absolute Gasteiger partial charge is 0.302 e. The number of esters is 1. The molecule has 0 saturated carbocycles. The van der Waals surface area contributed by atoms with Crippen molar-refractivity contribution in [3.8, 4) is 0 Å². The number of rotatable bonds is 15. The summed E-state index contributed by atoms with van der Waals surface area (Å²) in [6, 6.07) is -6.58. The summed E-state index contributed by atoms with van der Waals surface area (Å²) >= 11 is 0.